The highest BCUT2D eigenvalue weighted by Crippen LogP contribution is 2.17. The summed E-state index contributed by atoms with van der Waals surface area (Å²) in [6.45, 7) is 11.0. The maximum absolute atomic E-state index is 13.2. The lowest BCUT2D eigenvalue weighted by molar-refractivity contribution is -0.140. The molecule has 0 aliphatic heterocycles. The van der Waals surface area contributed by atoms with Gasteiger partial charge in [-0.3, -0.25) is 9.59 Å². The maximum atomic E-state index is 13.2. The molecule has 2 aromatic rings. The average Bonchev–Trinajstić information content (AvgIpc) is 2.66. The molecule has 156 valence electrons. The average molecular weight is 459 g/mol. The number of nitrogens with one attached hydrogen (secondary N) is 1. The fraction of sp³-hybridized carbons (Fsp3) is 0.417. The van der Waals surface area contributed by atoms with Gasteiger partial charge >= 0.3 is 0 Å². The van der Waals surface area contributed by atoms with E-state index in [1.807, 2.05) is 49.4 Å². The van der Waals surface area contributed by atoms with E-state index in [9.17, 15) is 9.59 Å². The van der Waals surface area contributed by atoms with Gasteiger partial charge in [-0.05, 0) is 61.1 Å². The lowest BCUT2D eigenvalue weighted by Crippen LogP contribution is -2.48. The second-order valence-electron chi connectivity index (χ2n) is 8.06. The number of benzene rings is 2. The molecule has 2 amide bonds. The molecule has 1 atom stereocenters. The van der Waals surface area contributed by atoms with E-state index in [0.29, 0.717) is 19.0 Å². The predicted molar refractivity (Wildman–Crippen MR) is 122 cm³/mol. The summed E-state index contributed by atoms with van der Waals surface area (Å²) in [5.74, 6) is 0.179. The highest BCUT2D eigenvalue weighted by atomic mass is 79.9. The third-order valence-electron chi connectivity index (χ3n) is 5.02. The maximum Gasteiger partial charge on any atom is 0.242 e. The van der Waals surface area contributed by atoms with Gasteiger partial charge in [-0.2, -0.15) is 0 Å². The van der Waals surface area contributed by atoms with Crippen molar-refractivity contribution in [1.82, 2.24) is 10.2 Å². The molecule has 0 aromatic heterocycles. The van der Waals surface area contributed by atoms with Crippen molar-refractivity contribution in [3.8, 4) is 0 Å². The Bertz CT molecular complexity index is 864. The molecule has 0 radical (unpaired) electrons. The van der Waals surface area contributed by atoms with E-state index in [-0.39, 0.29) is 18.2 Å². The van der Waals surface area contributed by atoms with Gasteiger partial charge in [0, 0.05) is 17.6 Å². The van der Waals surface area contributed by atoms with Crippen LogP contribution in [0.4, 0.5) is 0 Å². The van der Waals surface area contributed by atoms with Crippen LogP contribution in [0.25, 0.3) is 0 Å². The van der Waals surface area contributed by atoms with Crippen molar-refractivity contribution >= 4 is 27.7 Å². The van der Waals surface area contributed by atoms with Crippen LogP contribution < -0.4 is 5.32 Å². The van der Waals surface area contributed by atoms with E-state index < -0.39 is 6.04 Å². The van der Waals surface area contributed by atoms with Gasteiger partial charge in [0.15, 0.2) is 0 Å². The second-order valence-corrected chi connectivity index (χ2v) is 8.98. The topological polar surface area (TPSA) is 49.4 Å². The first-order valence-electron chi connectivity index (χ1n) is 10.0. The summed E-state index contributed by atoms with van der Waals surface area (Å²) in [4.78, 5) is 27.6. The summed E-state index contributed by atoms with van der Waals surface area (Å²) in [6, 6.07) is 13.4. The zero-order valence-electron chi connectivity index (χ0n) is 18.0. The van der Waals surface area contributed by atoms with Crippen molar-refractivity contribution in [2.24, 2.45) is 5.92 Å². The number of aryl methyl sites for hydroxylation is 2. The molecule has 0 spiro atoms. The SMILES string of the molecule is Cc1ccc(CC(=O)N(Cc2cccc(Br)c2)C(C)C(=O)NCC(C)C)cc1C. The Morgan fingerprint density at radius 2 is 1.72 bits per heavy atom. The second kappa shape index (κ2) is 10.6. The Kier molecular flexibility index (Phi) is 8.45. The molecule has 1 unspecified atom stereocenters. The standard InChI is InChI=1S/C24H31BrN2O2/c1-16(2)14-26-24(29)19(5)27(15-21-7-6-8-22(25)12-21)23(28)13-20-10-9-17(3)18(4)11-20/h6-12,16,19H,13-15H2,1-5H3,(H,26,29). The van der Waals surface area contributed by atoms with Gasteiger partial charge in [-0.1, -0.05) is 60.1 Å². The fourth-order valence-corrected chi connectivity index (χ4v) is 3.50. The van der Waals surface area contributed by atoms with E-state index in [0.717, 1.165) is 21.2 Å². The Hall–Kier alpha value is -2.14. The number of halogens is 1. The molecule has 0 aliphatic carbocycles. The molecule has 1 N–H and O–H groups in total. The largest absolute Gasteiger partial charge is 0.354 e. The summed E-state index contributed by atoms with van der Waals surface area (Å²) < 4.78 is 0.952. The summed E-state index contributed by atoms with van der Waals surface area (Å²) >= 11 is 3.48. The zero-order chi connectivity index (χ0) is 21.6. The van der Waals surface area contributed by atoms with Crippen LogP contribution in [-0.2, 0) is 22.6 Å². The van der Waals surface area contributed by atoms with E-state index in [1.165, 1.54) is 5.56 Å². The molecule has 2 aromatic carbocycles. The third-order valence-corrected chi connectivity index (χ3v) is 5.51. The Morgan fingerprint density at radius 3 is 2.34 bits per heavy atom. The number of carbonyl (C=O) groups is 2. The fourth-order valence-electron chi connectivity index (χ4n) is 3.06. The van der Waals surface area contributed by atoms with E-state index in [2.05, 4.69) is 42.0 Å². The molecule has 5 heteroatoms. The van der Waals surface area contributed by atoms with Crippen molar-refractivity contribution in [1.29, 1.82) is 0 Å². The molecule has 2 rings (SSSR count). The normalized spacial score (nSPS) is 12.0. The Morgan fingerprint density at radius 1 is 1.00 bits per heavy atom. The lowest BCUT2D eigenvalue weighted by Gasteiger charge is -2.29. The van der Waals surface area contributed by atoms with E-state index >= 15 is 0 Å². The van der Waals surface area contributed by atoms with Gasteiger partial charge in [-0.25, -0.2) is 0 Å². The molecule has 4 nitrogen and oxygen atoms in total. The van der Waals surface area contributed by atoms with Crippen molar-refractivity contribution < 1.29 is 9.59 Å². The van der Waals surface area contributed by atoms with Gasteiger partial charge in [-0.15, -0.1) is 0 Å². The molecule has 0 bridgehead atoms. The smallest absolute Gasteiger partial charge is 0.242 e. The van der Waals surface area contributed by atoms with Crippen LogP contribution >= 0.6 is 15.9 Å². The summed E-state index contributed by atoms with van der Waals surface area (Å²) in [5.41, 5.74) is 4.31. The van der Waals surface area contributed by atoms with Crippen LogP contribution in [0.5, 0.6) is 0 Å². The highest BCUT2D eigenvalue weighted by molar-refractivity contribution is 9.10. The minimum absolute atomic E-state index is 0.0552. The van der Waals surface area contributed by atoms with Crippen LogP contribution in [0.2, 0.25) is 0 Å². The first kappa shape index (κ1) is 23.1. The number of hydrogen-bond donors (Lipinski definition) is 1. The quantitative estimate of drug-likeness (QED) is 0.617. The molecule has 29 heavy (non-hydrogen) atoms. The third kappa shape index (κ3) is 7.00. The monoisotopic (exact) mass is 458 g/mol. The Labute approximate surface area is 182 Å². The van der Waals surface area contributed by atoms with Crippen LogP contribution in [0, 0.1) is 19.8 Å². The minimum Gasteiger partial charge on any atom is -0.354 e. The van der Waals surface area contributed by atoms with Gasteiger partial charge in [0.25, 0.3) is 0 Å². The van der Waals surface area contributed by atoms with E-state index in [1.54, 1.807) is 11.8 Å². The van der Waals surface area contributed by atoms with Crippen LogP contribution in [0.3, 0.4) is 0 Å². The minimum atomic E-state index is -0.549. The van der Waals surface area contributed by atoms with Crippen molar-refractivity contribution in [2.45, 2.75) is 53.6 Å². The van der Waals surface area contributed by atoms with Crippen LogP contribution in [-0.4, -0.2) is 29.3 Å². The molecule has 0 saturated heterocycles. The van der Waals surface area contributed by atoms with Crippen molar-refractivity contribution in [2.75, 3.05) is 6.54 Å². The van der Waals surface area contributed by atoms with Gasteiger partial charge < -0.3 is 10.2 Å². The summed E-state index contributed by atoms with van der Waals surface area (Å²) in [6.07, 6.45) is 0.275. The first-order chi connectivity index (χ1) is 13.7. The number of hydrogen-bond acceptors (Lipinski definition) is 2. The number of rotatable bonds is 8. The van der Waals surface area contributed by atoms with Crippen molar-refractivity contribution in [3.63, 3.8) is 0 Å². The van der Waals surface area contributed by atoms with Gasteiger partial charge in [0.2, 0.25) is 11.8 Å². The summed E-state index contributed by atoms with van der Waals surface area (Å²) in [5, 5.41) is 2.95. The molecule has 0 heterocycles. The molecule has 0 fully saturated rings. The summed E-state index contributed by atoms with van der Waals surface area (Å²) in [7, 11) is 0. The molecular weight excluding hydrogens is 428 g/mol. The van der Waals surface area contributed by atoms with Gasteiger partial charge in [0.05, 0.1) is 6.42 Å². The predicted octanol–water partition coefficient (Wildman–Crippen LogP) is 4.80. The zero-order valence-corrected chi connectivity index (χ0v) is 19.5. The molecular formula is C24H31BrN2O2. The number of nitrogens with zero attached hydrogens (tertiary/aromatic N) is 1. The molecule has 0 saturated carbocycles. The number of carbonyl (C=O) groups excluding carboxylic acids is 2. The van der Waals surface area contributed by atoms with Gasteiger partial charge in [0.1, 0.15) is 6.04 Å². The van der Waals surface area contributed by atoms with Crippen LogP contribution in [0.15, 0.2) is 46.9 Å². The first-order valence-corrected chi connectivity index (χ1v) is 10.8. The lowest BCUT2D eigenvalue weighted by atomic mass is 10.0. The molecule has 0 aliphatic rings. The van der Waals surface area contributed by atoms with E-state index in [4.69, 9.17) is 0 Å². The number of amides is 2. The van der Waals surface area contributed by atoms with Crippen molar-refractivity contribution in [3.05, 3.63) is 69.2 Å². The highest BCUT2D eigenvalue weighted by Gasteiger charge is 2.26. The van der Waals surface area contributed by atoms with Crippen LogP contribution in [0.1, 0.15) is 43.0 Å². The Balaban J connectivity index is 2.23.